The summed E-state index contributed by atoms with van der Waals surface area (Å²) in [6, 6.07) is 9.72. The number of aromatic amines is 1. The lowest BCUT2D eigenvalue weighted by atomic mass is 9.90. The summed E-state index contributed by atoms with van der Waals surface area (Å²) in [6.45, 7) is -0.0175. The van der Waals surface area contributed by atoms with Crippen LogP contribution in [-0.4, -0.2) is 27.3 Å². The molecule has 0 amide bonds. The van der Waals surface area contributed by atoms with Crippen molar-refractivity contribution in [2.24, 2.45) is 0 Å². The van der Waals surface area contributed by atoms with Crippen LogP contribution in [0.4, 0.5) is 13.2 Å². The molecule has 1 saturated carbocycles. The van der Waals surface area contributed by atoms with Gasteiger partial charge in [-0.3, -0.25) is 4.79 Å². The van der Waals surface area contributed by atoms with E-state index in [1.54, 1.807) is 12.1 Å². The maximum Gasteiger partial charge on any atom is 0.416 e. The first-order valence-electron chi connectivity index (χ1n) is 11.6. The topological polar surface area (TPSA) is 82.5 Å². The summed E-state index contributed by atoms with van der Waals surface area (Å²) < 4.78 is 47.2. The molecule has 0 spiro atoms. The van der Waals surface area contributed by atoms with Gasteiger partial charge in [0.25, 0.3) is 0 Å². The summed E-state index contributed by atoms with van der Waals surface area (Å²) in [5, 5.41) is 20.2. The number of ether oxygens (including phenoxy) is 1. The molecule has 1 fully saturated rings. The van der Waals surface area contributed by atoms with E-state index in [4.69, 9.17) is 9.84 Å². The largest absolute Gasteiger partial charge is 0.489 e. The van der Waals surface area contributed by atoms with Crippen LogP contribution in [0.2, 0.25) is 0 Å². The summed E-state index contributed by atoms with van der Waals surface area (Å²) in [4.78, 5) is 14.5. The first-order valence-corrected chi connectivity index (χ1v) is 11.6. The molecular formula is C26H26F3NO4. The first-order chi connectivity index (χ1) is 16.2. The van der Waals surface area contributed by atoms with Crippen LogP contribution in [0.3, 0.4) is 0 Å². The van der Waals surface area contributed by atoms with Gasteiger partial charge in [-0.15, -0.1) is 0 Å². The highest BCUT2D eigenvalue weighted by Crippen LogP contribution is 2.43. The number of aromatic nitrogens is 1. The number of H-pyrrole nitrogens is 1. The molecule has 2 aliphatic carbocycles. The lowest BCUT2D eigenvalue weighted by Gasteiger charge is -2.21. The van der Waals surface area contributed by atoms with Crippen molar-refractivity contribution in [2.45, 2.75) is 69.2 Å². The van der Waals surface area contributed by atoms with Crippen molar-refractivity contribution in [3.8, 4) is 5.75 Å². The van der Waals surface area contributed by atoms with Gasteiger partial charge in [-0.2, -0.15) is 13.2 Å². The van der Waals surface area contributed by atoms with Crippen molar-refractivity contribution in [3.05, 3.63) is 64.3 Å². The molecule has 180 valence electrons. The Labute approximate surface area is 194 Å². The summed E-state index contributed by atoms with van der Waals surface area (Å²) in [5.41, 5.74) is 2.79. The molecule has 8 heteroatoms. The number of halogens is 3. The van der Waals surface area contributed by atoms with Gasteiger partial charge in [-0.25, -0.2) is 0 Å². The Morgan fingerprint density at radius 3 is 2.65 bits per heavy atom. The number of hydrogen-bond acceptors (Lipinski definition) is 3. The molecule has 0 unspecified atom stereocenters. The van der Waals surface area contributed by atoms with E-state index in [-0.39, 0.29) is 24.5 Å². The summed E-state index contributed by atoms with van der Waals surface area (Å²) in [5.74, 6) is -0.816. The van der Waals surface area contributed by atoms with E-state index < -0.39 is 29.7 Å². The van der Waals surface area contributed by atoms with E-state index in [1.807, 2.05) is 12.1 Å². The number of alkyl halides is 3. The Kier molecular flexibility index (Phi) is 5.80. The zero-order valence-electron chi connectivity index (χ0n) is 18.5. The molecule has 1 aromatic heterocycles. The van der Waals surface area contributed by atoms with Gasteiger partial charge < -0.3 is 19.9 Å². The van der Waals surface area contributed by atoms with Crippen LogP contribution >= 0.6 is 0 Å². The molecule has 1 heterocycles. The monoisotopic (exact) mass is 473 g/mol. The molecule has 0 bridgehead atoms. The summed E-state index contributed by atoms with van der Waals surface area (Å²) in [6.07, 6.45) is -1.83. The van der Waals surface area contributed by atoms with Crippen molar-refractivity contribution in [1.29, 1.82) is 0 Å². The smallest absolute Gasteiger partial charge is 0.416 e. The van der Waals surface area contributed by atoms with Crippen LogP contribution in [0.25, 0.3) is 10.9 Å². The summed E-state index contributed by atoms with van der Waals surface area (Å²) in [7, 11) is 0. The van der Waals surface area contributed by atoms with Crippen molar-refractivity contribution >= 4 is 16.9 Å². The summed E-state index contributed by atoms with van der Waals surface area (Å²) >= 11 is 0. The maximum absolute atomic E-state index is 13.8. The molecule has 0 saturated heterocycles. The molecule has 5 nitrogen and oxygen atoms in total. The van der Waals surface area contributed by atoms with Crippen molar-refractivity contribution in [3.63, 3.8) is 0 Å². The number of carbonyl (C=O) groups is 1. The van der Waals surface area contributed by atoms with Gasteiger partial charge in [0.05, 0.1) is 18.1 Å². The van der Waals surface area contributed by atoms with E-state index in [0.29, 0.717) is 24.2 Å². The average molecular weight is 473 g/mol. The molecule has 2 aromatic carbocycles. The Balaban J connectivity index is 1.36. The minimum Gasteiger partial charge on any atom is -0.489 e. The number of carboxylic acid groups (broad SMARTS) is 1. The Bertz CT molecular complexity index is 1230. The SMILES string of the molecule is O=C(O)C[C@@H]1CCc2c1[nH]c1ccc(OCc3ccc([C@@H]4CCC[C@@H]4O)c(C(F)(F)F)c3)cc21. The molecule has 3 aromatic rings. The Hall–Kier alpha value is -3.00. The molecule has 0 aliphatic heterocycles. The zero-order valence-corrected chi connectivity index (χ0v) is 18.5. The fourth-order valence-corrected chi connectivity index (χ4v) is 5.57. The second-order valence-electron chi connectivity index (χ2n) is 9.37. The van der Waals surface area contributed by atoms with Crippen LogP contribution in [0.5, 0.6) is 5.75 Å². The normalized spacial score (nSPS) is 22.3. The Morgan fingerprint density at radius 1 is 1.12 bits per heavy atom. The lowest BCUT2D eigenvalue weighted by molar-refractivity contribution is -0.139. The number of benzene rings is 2. The van der Waals surface area contributed by atoms with E-state index in [2.05, 4.69) is 4.98 Å². The van der Waals surface area contributed by atoms with Crippen LogP contribution in [0, 0.1) is 0 Å². The van der Waals surface area contributed by atoms with Gasteiger partial charge in [0.1, 0.15) is 12.4 Å². The predicted molar refractivity (Wildman–Crippen MR) is 120 cm³/mol. The molecule has 3 atom stereocenters. The number of aliphatic carboxylic acids is 1. The standard InChI is InChI=1S/C26H26F3NO4/c27-26(28,29)21-10-14(4-7-17(21)18-2-1-3-23(18)31)13-34-16-6-9-22-20(12-16)19-8-5-15(11-24(32)33)25(19)30-22/h4,6-7,9-10,12,15,18,23,30-31H,1-3,5,8,11,13H2,(H,32,33)/t15-,18-,23-/m0/s1. The second kappa shape index (κ2) is 8.65. The quantitative estimate of drug-likeness (QED) is 0.416. The molecule has 2 aliphatic rings. The fourth-order valence-electron chi connectivity index (χ4n) is 5.57. The highest BCUT2D eigenvalue weighted by atomic mass is 19.4. The average Bonchev–Trinajstić information content (AvgIpc) is 3.47. The van der Waals surface area contributed by atoms with E-state index in [9.17, 15) is 23.1 Å². The second-order valence-corrected chi connectivity index (χ2v) is 9.37. The van der Waals surface area contributed by atoms with Crippen molar-refractivity contribution in [1.82, 2.24) is 4.98 Å². The minimum absolute atomic E-state index is 0.0175. The fraction of sp³-hybridized carbons (Fsp3) is 0.423. The number of aliphatic hydroxyl groups excluding tert-OH is 1. The molecule has 5 rings (SSSR count). The van der Waals surface area contributed by atoms with Gasteiger partial charge in [0, 0.05) is 28.4 Å². The zero-order chi connectivity index (χ0) is 24.0. The lowest BCUT2D eigenvalue weighted by Crippen LogP contribution is -2.18. The van der Waals surface area contributed by atoms with Crippen LogP contribution < -0.4 is 4.74 Å². The number of carboxylic acids is 1. The molecular weight excluding hydrogens is 447 g/mol. The number of fused-ring (bicyclic) bond motifs is 3. The molecule has 0 radical (unpaired) electrons. The van der Waals surface area contributed by atoms with Gasteiger partial charge >= 0.3 is 12.1 Å². The van der Waals surface area contributed by atoms with Crippen LogP contribution in [0.15, 0.2) is 36.4 Å². The minimum atomic E-state index is -4.51. The molecule has 3 N–H and O–H groups in total. The first kappa shape index (κ1) is 22.8. The van der Waals surface area contributed by atoms with E-state index in [0.717, 1.165) is 47.5 Å². The van der Waals surface area contributed by atoms with Gasteiger partial charge in [0.2, 0.25) is 0 Å². The number of aryl methyl sites for hydroxylation is 1. The third-order valence-electron chi connectivity index (χ3n) is 7.19. The number of hydrogen-bond donors (Lipinski definition) is 3. The van der Waals surface area contributed by atoms with Crippen molar-refractivity contribution in [2.75, 3.05) is 0 Å². The van der Waals surface area contributed by atoms with Crippen LogP contribution in [0.1, 0.15) is 71.9 Å². The Morgan fingerprint density at radius 2 is 1.94 bits per heavy atom. The highest BCUT2D eigenvalue weighted by molar-refractivity contribution is 5.87. The molecule has 34 heavy (non-hydrogen) atoms. The van der Waals surface area contributed by atoms with Crippen LogP contribution in [-0.2, 0) is 24.0 Å². The third kappa shape index (κ3) is 4.27. The van der Waals surface area contributed by atoms with Gasteiger partial charge in [0.15, 0.2) is 0 Å². The van der Waals surface area contributed by atoms with E-state index in [1.165, 1.54) is 6.07 Å². The van der Waals surface area contributed by atoms with Gasteiger partial charge in [-0.1, -0.05) is 18.6 Å². The number of rotatable bonds is 6. The van der Waals surface area contributed by atoms with Crippen molar-refractivity contribution < 1.29 is 32.9 Å². The number of nitrogens with one attached hydrogen (secondary N) is 1. The van der Waals surface area contributed by atoms with Gasteiger partial charge in [-0.05, 0) is 66.6 Å². The van der Waals surface area contributed by atoms with E-state index >= 15 is 0 Å². The maximum atomic E-state index is 13.8. The number of aliphatic hydroxyl groups is 1. The highest BCUT2D eigenvalue weighted by Gasteiger charge is 2.38. The predicted octanol–water partition coefficient (Wildman–Crippen LogP) is 5.90. The third-order valence-corrected chi connectivity index (χ3v) is 7.19.